The molecule has 0 saturated carbocycles. The molecule has 7 atom stereocenters. The first-order valence-corrected chi connectivity index (χ1v) is 46.6. The minimum absolute atomic E-state index is 0.108. The Hall–Kier alpha value is -1.94. The predicted molar refractivity (Wildman–Crippen MR) is 423 cm³/mol. The largest absolute Gasteiger partial charge is 0.472 e. The Labute approximate surface area is 632 Å². The summed E-state index contributed by atoms with van der Waals surface area (Å²) in [5, 5.41) is 10.7. The van der Waals surface area contributed by atoms with Gasteiger partial charge in [-0.15, -0.1) is 0 Å². The third-order valence-electron chi connectivity index (χ3n) is 20.4. The zero-order valence-electron chi connectivity index (χ0n) is 67.6. The summed E-state index contributed by atoms with van der Waals surface area (Å²) < 4.78 is 68.8. The Balaban J connectivity index is 5.24. The number of phosphoric ester groups is 2. The Morgan fingerprint density at radius 1 is 0.272 bits per heavy atom. The van der Waals surface area contributed by atoms with E-state index in [4.69, 9.17) is 37.0 Å². The van der Waals surface area contributed by atoms with Gasteiger partial charge in [-0.2, -0.15) is 0 Å². The van der Waals surface area contributed by atoms with E-state index in [1.165, 1.54) is 257 Å². The number of ether oxygens (including phenoxy) is 4. The van der Waals surface area contributed by atoms with Crippen molar-refractivity contribution in [1.82, 2.24) is 0 Å². The first-order chi connectivity index (χ1) is 49.9. The SMILES string of the molecule is CCCCCCCCCCCCCCCCCCCCC(=O)OC[C@H](COP(=O)(O)OC[C@@H](O)COP(=O)(O)OC[C@@H](COC(=O)CCCCCCCCC(C)CC)OC(=O)CCCCCCCCCCCCCCCCCCC)OC(=O)CCCCCCCCCCCCCCCCC(C)CC. The quantitative estimate of drug-likeness (QED) is 0.0222. The second kappa shape index (κ2) is 75.5. The van der Waals surface area contributed by atoms with Crippen LogP contribution in [0, 0.1) is 11.8 Å². The summed E-state index contributed by atoms with van der Waals surface area (Å²) in [6, 6.07) is 0. The van der Waals surface area contributed by atoms with Gasteiger partial charge < -0.3 is 33.8 Å². The molecule has 0 aromatic heterocycles. The van der Waals surface area contributed by atoms with Gasteiger partial charge in [-0.1, -0.05) is 395 Å². The van der Waals surface area contributed by atoms with E-state index in [2.05, 4.69) is 41.5 Å². The van der Waals surface area contributed by atoms with Gasteiger partial charge in [-0.25, -0.2) is 9.13 Å². The van der Waals surface area contributed by atoms with Gasteiger partial charge in [0.25, 0.3) is 0 Å². The Bertz CT molecular complexity index is 1980. The van der Waals surface area contributed by atoms with Crippen LogP contribution in [-0.2, 0) is 65.4 Å². The molecule has 4 unspecified atom stereocenters. The summed E-state index contributed by atoms with van der Waals surface area (Å²) in [7, 11) is -9.93. The van der Waals surface area contributed by atoms with E-state index in [0.29, 0.717) is 25.7 Å². The lowest BCUT2D eigenvalue weighted by atomic mass is 9.99. The van der Waals surface area contributed by atoms with Crippen molar-refractivity contribution in [2.45, 2.75) is 464 Å². The molecule has 0 aliphatic rings. The molecule has 0 saturated heterocycles. The summed E-state index contributed by atoms with van der Waals surface area (Å²) in [5.41, 5.74) is 0. The van der Waals surface area contributed by atoms with Crippen molar-refractivity contribution in [1.29, 1.82) is 0 Å². The molecule has 3 N–H and O–H groups in total. The Kier molecular flexibility index (Phi) is 74.1. The molecule has 0 spiro atoms. The fourth-order valence-electron chi connectivity index (χ4n) is 13.0. The number of aliphatic hydroxyl groups excluding tert-OH is 1. The summed E-state index contributed by atoms with van der Waals surface area (Å²) in [6.45, 7) is 9.68. The molecule has 612 valence electrons. The number of phosphoric acid groups is 2. The molecule has 0 rings (SSSR count). The van der Waals surface area contributed by atoms with Gasteiger partial charge in [0.15, 0.2) is 12.2 Å². The van der Waals surface area contributed by atoms with Crippen molar-refractivity contribution < 1.29 is 80.2 Å². The first-order valence-electron chi connectivity index (χ1n) is 43.6. The highest BCUT2D eigenvalue weighted by atomic mass is 31.2. The predicted octanol–water partition coefficient (Wildman–Crippen LogP) is 25.5. The third-order valence-corrected chi connectivity index (χ3v) is 22.3. The van der Waals surface area contributed by atoms with Gasteiger partial charge in [0.2, 0.25) is 0 Å². The van der Waals surface area contributed by atoms with E-state index in [1.54, 1.807) is 0 Å². The number of rotatable bonds is 83. The first kappa shape index (κ1) is 101. The van der Waals surface area contributed by atoms with E-state index in [1.807, 2.05) is 0 Å². The Morgan fingerprint density at radius 2 is 0.466 bits per heavy atom. The second-order valence-corrected chi connectivity index (χ2v) is 33.6. The van der Waals surface area contributed by atoms with Gasteiger partial charge in [0, 0.05) is 25.7 Å². The van der Waals surface area contributed by atoms with Crippen LogP contribution in [-0.4, -0.2) is 96.7 Å². The van der Waals surface area contributed by atoms with Crippen LogP contribution in [0.1, 0.15) is 446 Å². The molecule has 103 heavy (non-hydrogen) atoms. The van der Waals surface area contributed by atoms with Crippen molar-refractivity contribution >= 4 is 39.5 Å². The van der Waals surface area contributed by atoms with Crippen LogP contribution in [0.25, 0.3) is 0 Å². The van der Waals surface area contributed by atoms with Crippen LogP contribution in [0.3, 0.4) is 0 Å². The van der Waals surface area contributed by atoms with Crippen molar-refractivity contribution in [2.75, 3.05) is 39.6 Å². The molecule has 17 nitrogen and oxygen atoms in total. The molecule has 0 amide bonds. The highest BCUT2D eigenvalue weighted by molar-refractivity contribution is 7.47. The number of carbonyl (C=O) groups excluding carboxylic acids is 4. The van der Waals surface area contributed by atoms with E-state index < -0.39 is 97.5 Å². The van der Waals surface area contributed by atoms with E-state index >= 15 is 0 Å². The summed E-state index contributed by atoms with van der Waals surface area (Å²) in [4.78, 5) is 73.2. The van der Waals surface area contributed by atoms with Crippen LogP contribution in [0.15, 0.2) is 0 Å². The molecule has 0 aliphatic heterocycles. The standard InChI is InChI=1S/C84H164O17P2/c1-7-11-13-15-17-19-21-23-25-27-29-30-35-39-43-47-54-60-66-81(86)94-72-79(100-83(88)68-63-57-49-45-41-37-33-32-34-38-42-46-52-58-64-76(5)9-3)74-98-102(90,91)96-70-78(85)71-97-103(92,93)99-75-80(73-95-82(87)67-61-55-51-50-53-59-65-77(6)10-4)101-84(89)69-62-56-48-44-40-36-31-28-26-24-22-20-18-16-14-12-8-2/h76-80,85H,7-75H2,1-6H3,(H,90,91)(H,92,93)/t76?,77?,78-,79-,80-/m1/s1. The summed E-state index contributed by atoms with van der Waals surface area (Å²) >= 11 is 0. The zero-order valence-corrected chi connectivity index (χ0v) is 69.4. The van der Waals surface area contributed by atoms with Crippen LogP contribution in [0.5, 0.6) is 0 Å². The smallest absolute Gasteiger partial charge is 0.462 e. The fourth-order valence-corrected chi connectivity index (χ4v) is 14.6. The third kappa shape index (κ3) is 75.3. The number of esters is 4. The van der Waals surface area contributed by atoms with Crippen molar-refractivity contribution in [3.8, 4) is 0 Å². The van der Waals surface area contributed by atoms with Gasteiger partial charge in [-0.05, 0) is 37.5 Å². The highest BCUT2D eigenvalue weighted by Gasteiger charge is 2.30. The topological polar surface area (TPSA) is 237 Å². The molecular formula is C84H164O17P2. The van der Waals surface area contributed by atoms with Crippen molar-refractivity contribution in [2.24, 2.45) is 11.8 Å². The minimum atomic E-state index is -4.96. The molecule has 19 heteroatoms. The molecule has 0 radical (unpaired) electrons. The maximum Gasteiger partial charge on any atom is 0.472 e. The normalized spacial score (nSPS) is 14.4. The van der Waals surface area contributed by atoms with Crippen LogP contribution >= 0.6 is 15.6 Å². The van der Waals surface area contributed by atoms with Gasteiger partial charge in [0.05, 0.1) is 26.4 Å². The minimum Gasteiger partial charge on any atom is -0.462 e. The maximum atomic E-state index is 13.1. The van der Waals surface area contributed by atoms with Crippen LogP contribution in [0.2, 0.25) is 0 Å². The van der Waals surface area contributed by atoms with E-state index in [-0.39, 0.29) is 25.7 Å². The summed E-state index contributed by atoms with van der Waals surface area (Å²) in [5.74, 6) is -0.528. The van der Waals surface area contributed by atoms with Crippen molar-refractivity contribution in [3.63, 3.8) is 0 Å². The highest BCUT2D eigenvalue weighted by Crippen LogP contribution is 2.45. The zero-order chi connectivity index (χ0) is 75.6. The molecule has 0 aliphatic carbocycles. The van der Waals surface area contributed by atoms with E-state index in [0.717, 1.165) is 108 Å². The average molecular weight is 1510 g/mol. The number of unbranched alkanes of at least 4 members (excludes halogenated alkanes) is 51. The van der Waals surface area contributed by atoms with Gasteiger partial charge in [0.1, 0.15) is 19.3 Å². The fraction of sp³-hybridized carbons (Fsp3) is 0.952. The molecule has 0 bridgehead atoms. The lowest BCUT2D eigenvalue weighted by molar-refractivity contribution is -0.161. The lowest BCUT2D eigenvalue weighted by Gasteiger charge is -2.21. The molecular weight excluding hydrogens is 1340 g/mol. The van der Waals surface area contributed by atoms with E-state index in [9.17, 15) is 43.2 Å². The maximum absolute atomic E-state index is 13.1. The number of aliphatic hydroxyl groups is 1. The molecule has 0 aromatic carbocycles. The molecule has 0 heterocycles. The van der Waals surface area contributed by atoms with Gasteiger partial charge >= 0.3 is 39.5 Å². The van der Waals surface area contributed by atoms with Crippen LogP contribution < -0.4 is 0 Å². The molecule has 0 fully saturated rings. The molecule has 0 aromatic rings. The summed E-state index contributed by atoms with van der Waals surface area (Å²) in [6.07, 6.45) is 66.6. The monoisotopic (exact) mass is 1510 g/mol. The number of hydrogen-bond acceptors (Lipinski definition) is 15. The van der Waals surface area contributed by atoms with Gasteiger partial charge in [-0.3, -0.25) is 37.3 Å². The number of hydrogen-bond donors (Lipinski definition) is 3. The lowest BCUT2D eigenvalue weighted by Crippen LogP contribution is -2.30. The Morgan fingerprint density at radius 3 is 0.689 bits per heavy atom. The van der Waals surface area contributed by atoms with Crippen LogP contribution in [0.4, 0.5) is 0 Å². The van der Waals surface area contributed by atoms with Crippen molar-refractivity contribution in [3.05, 3.63) is 0 Å². The average Bonchev–Trinajstić information content (AvgIpc) is 0.910. The second-order valence-electron chi connectivity index (χ2n) is 30.7. The number of carbonyl (C=O) groups is 4.